The maximum Gasteiger partial charge on any atom is 0.251 e. The highest BCUT2D eigenvalue weighted by Gasteiger charge is 2.17. The molecular weight excluding hydrogens is 346 g/mol. The van der Waals surface area contributed by atoms with E-state index in [0.717, 1.165) is 30.8 Å². The minimum Gasteiger partial charge on any atom is -0.497 e. The standard InChI is InChI=1S/C21H25NO5/c1-24-17-5-3-6-18(12-17)27-14-16-11-15(8-9-20(16)25-2)21(23)22-13-19-7-4-10-26-19/h3,5-6,8-9,11-12,19H,4,7,10,13-14H2,1-2H3,(H,22,23). The van der Waals surface area contributed by atoms with Crippen LogP contribution in [0.1, 0.15) is 28.8 Å². The lowest BCUT2D eigenvalue weighted by atomic mass is 10.1. The molecular formula is C21H25NO5. The molecule has 3 rings (SSSR count). The van der Waals surface area contributed by atoms with Crippen molar-refractivity contribution in [2.75, 3.05) is 27.4 Å². The molecule has 1 heterocycles. The maximum absolute atomic E-state index is 12.4. The molecule has 1 aliphatic heterocycles. The molecule has 0 bridgehead atoms. The summed E-state index contributed by atoms with van der Waals surface area (Å²) in [6.07, 6.45) is 2.15. The highest BCUT2D eigenvalue weighted by Crippen LogP contribution is 2.24. The normalized spacial score (nSPS) is 16.0. The van der Waals surface area contributed by atoms with Crippen molar-refractivity contribution in [3.05, 3.63) is 53.6 Å². The topological polar surface area (TPSA) is 66.0 Å². The SMILES string of the molecule is COc1cccc(OCc2cc(C(=O)NCC3CCCO3)ccc2OC)c1. The Hall–Kier alpha value is -2.73. The fourth-order valence-electron chi connectivity index (χ4n) is 3.00. The van der Waals surface area contributed by atoms with Gasteiger partial charge in [0.05, 0.1) is 20.3 Å². The third-order valence-electron chi connectivity index (χ3n) is 4.49. The largest absolute Gasteiger partial charge is 0.497 e. The number of ether oxygens (including phenoxy) is 4. The van der Waals surface area contributed by atoms with E-state index in [1.54, 1.807) is 32.4 Å². The van der Waals surface area contributed by atoms with E-state index in [-0.39, 0.29) is 18.6 Å². The Labute approximate surface area is 159 Å². The molecule has 0 aromatic heterocycles. The van der Waals surface area contributed by atoms with E-state index in [2.05, 4.69) is 5.32 Å². The summed E-state index contributed by atoms with van der Waals surface area (Å²) in [4.78, 5) is 12.4. The van der Waals surface area contributed by atoms with Gasteiger partial charge in [-0.1, -0.05) is 6.07 Å². The van der Waals surface area contributed by atoms with Gasteiger partial charge in [0, 0.05) is 30.3 Å². The number of carbonyl (C=O) groups is 1. The predicted molar refractivity (Wildman–Crippen MR) is 102 cm³/mol. The van der Waals surface area contributed by atoms with Crippen molar-refractivity contribution in [3.8, 4) is 17.2 Å². The molecule has 1 amide bonds. The van der Waals surface area contributed by atoms with Crippen molar-refractivity contribution < 1.29 is 23.7 Å². The van der Waals surface area contributed by atoms with Crippen molar-refractivity contribution in [2.45, 2.75) is 25.6 Å². The van der Waals surface area contributed by atoms with Crippen LogP contribution in [0, 0.1) is 0 Å². The van der Waals surface area contributed by atoms with Crippen molar-refractivity contribution in [2.24, 2.45) is 0 Å². The quantitative estimate of drug-likeness (QED) is 0.772. The van der Waals surface area contributed by atoms with Crippen LogP contribution in [-0.2, 0) is 11.3 Å². The molecule has 6 nitrogen and oxygen atoms in total. The van der Waals surface area contributed by atoms with Gasteiger partial charge in [0.2, 0.25) is 0 Å². The predicted octanol–water partition coefficient (Wildman–Crippen LogP) is 3.19. The molecule has 2 aromatic carbocycles. The summed E-state index contributed by atoms with van der Waals surface area (Å²) in [7, 11) is 3.21. The number of nitrogens with one attached hydrogen (secondary N) is 1. The van der Waals surface area contributed by atoms with Gasteiger partial charge in [0.15, 0.2) is 0 Å². The highest BCUT2D eigenvalue weighted by molar-refractivity contribution is 5.94. The summed E-state index contributed by atoms with van der Waals surface area (Å²) in [5.41, 5.74) is 1.36. The molecule has 1 N–H and O–H groups in total. The van der Waals surface area contributed by atoms with E-state index in [1.165, 1.54) is 0 Å². The minimum atomic E-state index is -0.129. The van der Waals surface area contributed by atoms with E-state index in [0.29, 0.717) is 23.6 Å². The van der Waals surface area contributed by atoms with Crippen LogP contribution in [0.15, 0.2) is 42.5 Å². The fraction of sp³-hybridized carbons (Fsp3) is 0.381. The number of hydrogen-bond donors (Lipinski definition) is 1. The van der Waals surface area contributed by atoms with Crippen LogP contribution in [0.5, 0.6) is 17.2 Å². The second-order valence-electron chi connectivity index (χ2n) is 6.34. The van der Waals surface area contributed by atoms with Gasteiger partial charge in [-0.15, -0.1) is 0 Å². The Bertz CT molecular complexity index is 771. The number of benzene rings is 2. The minimum absolute atomic E-state index is 0.114. The third-order valence-corrected chi connectivity index (χ3v) is 4.49. The molecule has 1 fully saturated rings. The van der Waals surface area contributed by atoms with Crippen LogP contribution in [0.25, 0.3) is 0 Å². The summed E-state index contributed by atoms with van der Waals surface area (Å²) >= 11 is 0. The summed E-state index contributed by atoms with van der Waals surface area (Å²) < 4.78 is 22.0. The second-order valence-corrected chi connectivity index (χ2v) is 6.34. The van der Waals surface area contributed by atoms with Gasteiger partial charge in [-0.3, -0.25) is 4.79 Å². The highest BCUT2D eigenvalue weighted by atomic mass is 16.5. The Morgan fingerprint density at radius 1 is 1.15 bits per heavy atom. The fourth-order valence-corrected chi connectivity index (χ4v) is 3.00. The smallest absolute Gasteiger partial charge is 0.251 e. The summed E-state index contributed by atoms with van der Waals surface area (Å²) in [6.45, 7) is 1.58. The molecule has 0 radical (unpaired) electrons. The first-order valence-corrected chi connectivity index (χ1v) is 9.03. The van der Waals surface area contributed by atoms with Gasteiger partial charge in [-0.05, 0) is 43.2 Å². The number of carbonyl (C=O) groups excluding carboxylic acids is 1. The molecule has 0 spiro atoms. The van der Waals surface area contributed by atoms with Crippen molar-refractivity contribution in [1.82, 2.24) is 5.32 Å². The summed E-state index contributed by atoms with van der Waals surface area (Å²) in [6, 6.07) is 12.7. The van der Waals surface area contributed by atoms with Crippen LogP contribution in [0.4, 0.5) is 0 Å². The summed E-state index contributed by atoms with van der Waals surface area (Å²) in [5, 5.41) is 2.93. The van der Waals surface area contributed by atoms with E-state index in [1.807, 2.05) is 24.3 Å². The van der Waals surface area contributed by atoms with Gasteiger partial charge >= 0.3 is 0 Å². The molecule has 6 heteroatoms. The van der Waals surface area contributed by atoms with Crippen LogP contribution in [0.3, 0.4) is 0 Å². The molecule has 27 heavy (non-hydrogen) atoms. The number of hydrogen-bond acceptors (Lipinski definition) is 5. The van der Waals surface area contributed by atoms with Crippen molar-refractivity contribution in [3.63, 3.8) is 0 Å². The molecule has 1 atom stereocenters. The molecule has 1 saturated heterocycles. The first-order chi connectivity index (χ1) is 13.2. The third kappa shape index (κ3) is 5.14. The lowest BCUT2D eigenvalue weighted by molar-refractivity contribution is 0.0857. The van der Waals surface area contributed by atoms with Gasteiger partial charge in [0.25, 0.3) is 5.91 Å². The van der Waals surface area contributed by atoms with E-state index in [9.17, 15) is 4.79 Å². The second kappa shape index (κ2) is 9.28. The number of rotatable bonds is 8. The average Bonchev–Trinajstić information content (AvgIpc) is 3.24. The van der Waals surface area contributed by atoms with Crippen molar-refractivity contribution >= 4 is 5.91 Å². The van der Waals surface area contributed by atoms with E-state index < -0.39 is 0 Å². The molecule has 0 aliphatic carbocycles. The zero-order chi connectivity index (χ0) is 19.1. The summed E-state index contributed by atoms with van der Waals surface area (Å²) in [5.74, 6) is 1.95. The average molecular weight is 371 g/mol. The van der Waals surface area contributed by atoms with E-state index in [4.69, 9.17) is 18.9 Å². The Balaban J connectivity index is 1.65. The molecule has 1 aliphatic rings. The molecule has 144 valence electrons. The van der Waals surface area contributed by atoms with Gasteiger partial charge in [-0.25, -0.2) is 0 Å². The Morgan fingerprint density at radius 3 is 2.74 bits per heavy atom. The molecule has 0 saturated carbocycles. The number of amides is 1. The molecule has 1 unspecified atom stereocenters. The zero-order valence-electron chi connectivity index (χ0n) is 15.7. The molecule has 2 aromatic rings. The maximum atomic E-state index is 12.4. The van der Waals surface area contributed by atoms with E-state index >= 15 is 0 Å². The lowest BCUT2D eigenvalue weighted by Gasteiger charge is -2.14. The lowest BCUT2D eigenvalue weighted by Crippen LogP contribution is -2.31. The monoisotopic (exact) mass is 371 g/mol. The van der Waals surface area contributed by atoms with Crippen molar-refractivity contribution in [1.29, 1.82) is 0 Å². The van der Waals surface area contributed by atoms with Gasteiger partial charge < -0.3 is 24.3 Å². The van der Waals surface area contributed by atoms with Crippen LogP contribution >= 0.6 is 0 Å². The van der Waals surface area contributed by atoms with Gasteiger partial charge in [0.1, 0.15) is 23.9 Å². The number of methoxy groups -OCH3 is 2. The van der Waals surface area contributed by atoms with Gasteiger partial charge in [-0.2, -0.15) is 0 Å². The van der Waals surface area contributed by atoms with Crippen LogP contribution in [0.2, 0.25) is 0 Å². The first kappa shape index (κ1) is 19.0. The Morgan fingerprint density at radius 2 is 2.00 bits per heavy atom. The van der Waals surface area contributed by atoms with Crippen LogP contribution in [-0.4, -0.2) is 39.4 Å². The van der Waals surface area contributed by atoms with Crippen LogP contribution < -0.4 is 19.5 Å². The zero-order valence-corrected chi connectivity index (χ0v) is 15.7. The Kier molecular flexibility index (Phi) is 6.54. The first-order valence-electron chi connectivity index (χ1n) is 9.03.